The van der Waals surface area contributed by atoms with Crippen LogP contribution in [-0.4, -0.2) is 48.3 Å². The molecule has 1 saturated carbocycles. The van der Waals surface area contributed by atoms with E-state index in [9.17, 15) is 0 Å². The summed E-state index contributed by atoms with van der Waals surface area (Å²) in [4.78, 5) is 2.57. The zero-order valence-corrected chi connectivity index (χ0v) is 14.3. The van der Waals surface area contributed by atoms with Crippen molar-refractivity contribution in [3.05, 3.63) is 0 Å². The van der Waals surface area contributed by atoms with E-state index in [2.05, 4.69) is 51.9 Å². The van der Waals surface area contributed by atoms with Crippen molar-refractivity contribution in [3.63, 3.8) is 0 Å². The molecule has 2 unspecified atom stereocenters. The lowest BCUT2D eigenvalue weighted by molar-refractivity contribution is -0.0803. The first-order chi connectivity index (χ1) is 9.28. The molecule has 2 rings (SSSR count). The molecule has 0 spiro atoms. The summed E-state index contributed by atoms with van der Waals surface area (Å²) in [5, 5.41) is 3.76. The van der Waals surface area contributed by atoms with Gasteiger partial charge >= 0.3 is 0 Å². The van der Waals surface area contributed by atoms with Gasteiger partial charge in [-0.05, 0) is 60.5 Å². The summed E-state index contributed by atoms with van der Waals surface area (Å²) < 4.78 is 6.40. The van der Waals surface area contributed by atoms with Gasteiger partial charge in [0.2, 0.25) is 0 Å². The van der Waals surface area contributed by atoms with Crippen LogP contribution in [0.1, 0.15) is 60.3 Å². The van der Waals surface area contributed by atoms with Crippen LogP contribution in [0.2, 0.25) is 0 Å². The van der Waals surface area contributed by atoms with Crippen LogP contribution >= 0.6 is 0 Å². The summed E-state index contributed by atoms with van der Waals surface area (Å²) in [6, 6.07) is 1.25. The van der Waals surface area contributed by atoms with Crippen molar-refractivity contribution in [1.82, 2.24) is 10.2 Å². The maximum atomic E-state index is 6.40. The zero-order chi connectivity index (χ0) is 15.0. The van der Waals surface area contributed by atoms with Crippen molar-refractivity contribution >= 4 is 0 Å². The minimum absolute atomic E-state index is 0.0487. The van der Waals surface area contributed by atoms with Crippen molar-refractivity contribution in [2.24, 2.45) is 5.92 Å². The summed E-state index contributed by atoms with van der Waals surface area (Å²) in [7, 11) is 2.29. The van der Waals surface area contributed by atoms with E-state index in [1.54, 1.807) is 0 Å². The summed E-state index contributed by atoms with van der Waals surface area (Å²) >= 11 is 0. The first kappa shape index (κ1) is 16.3. The Kier molecular flexibility index (Phi) is 4.83. The van der Waals surface area contributed by atoms with Gasteiger partial charge in [-0.2, -0.15) is 0 Å². The van der Waals surface area contributed by atoms with Crippen LogP contribution in [-0.2, 0) is 4.74 Å². The van der Waals surface area contributed by atoms with Crippen LogP contribution in [0.3, 0.4) is 0 Å². The summed E-state index contributed by atoms with van der Waals surface area (Å²) in [6.07, 6.45) is 5.34. The van der Waals surface area contributed by atoms with Gasteiger partial charge in [-0.25, -0.2) is 0 Å². The molecule has 20 heavy (non-hydrogen) atoms. The second kappa shape index (κ2) is 5.94. The maximum absolute atomic E-state index is 6.40. The Morgan fingerprint density at radius 3 is 2.30 bits per heavy atom. The van der Waals surface area contributed by atoms with Gasteiger partial charge in [-0.1, -0.05) is 13.3 Å². The van der Waals surface area contributed by atoms with Gasteiger partial charge < -0.3 is 15.0 Å². The molecule has 0 aromatic carbocycles. The van der Waals surface area contributed by atoms with Crippen molar-refractivity contribution in [3.8, 4) is 0 Å². The number of rotatable bonds is 6. The molecule has 0 aromatic rings. The summed E-state index contributed by atoms with van der Waals surface area (Å²) in [5.41, 5.74) is -0.128. The first-order valence-electron chi connectivity index (χ1n) is 8.41. The lowest BCUT2D eigenvalue weighted by atomic mass is 9.81. The molecule has 1 aliphatic carbocycles. The third kappa shape index (κ3) is 3.20. The molecule has 3 heteroatoms. The van der Waals surface area contributed by atoms with E-state index < -0.39 is 0 Å². The largest absolute Gasteiger partial charge is 0.368 e. The van der Waals surface area contributed by atoms with Crippen LogP contribution in [0.5, 0.6) is 0 Å². The van der Waals surface area contributed by atoms with Crippen molar-refractivity contribution in [1.29, 1.82) is 0 Å². The normalized spacial score (nSPS) is 32.5. The lowest BCUT2D eigenvalue weighted by Crippen LogP contribution is -2.52. The van der Waals surface area contributed by atoms with Gasteiger partial charge in [-0.3, -0.25) is 0 Å². The molecule has 1 N–H and O–H groups in total. The average Bonchev–Trinajstić information content (AvgIpc) is 2.39. The Morgan fingerprint density at radius 2 is 1.80 bits per heavy atom. The molecule has 2 fully saturated rings. The molecule has 1 aliphatic heterocycles. The lowest BCUT2D eigenvalue weighted by Gasteiger charge is -2.40. The molecular weight excluding hydrogens is 248 g/mol. The van der Waals surface area contributed by atoms with Gasteiger partial charge in [0.1, 0.15) is 0 Å². The van der Waals surface area contributed by atoms with Gasteiger partial charge in [0, 0.05) is 24.5 Å². The SMILES string of the molecule is CCCNC1C(CN(C)C2CCC2)C(C)(C)OC1(C)C. The van der Waals surface area contributed by atoms with Crippen molar-refractivity contribution < 1.29 is 4.74 Å². The highest BCUT2D eigenvalue weighted by atomic mass is 16.5. The fraction of sp³-hybridized carbons (Fsp3) is 1.00. The van der Waals surface area contributed by atoms with Gasteiger partial charge in [0.05, 0.1) is 11.2 Å². The Balaban J connectivity index is 2.07. The quantitative estimate of drug-likeness (QED) is 0.810. The van der Waals surface area contributed by atoms with Gasteiger partial charge in [0.25, 0.3) is 0 Å². The van der Waals surface area contributed by atoms with Crippen molar-refractivity contribution in [2.75, 3.05) is 20.1 Å². The molecular formula is C17H34N2O. The predicted octanol–water partition coefficient (Wildman–Crippen LogP) is 3.04. The summed E-state index contributed by atoms with van der Waals surface area (Å²) in [5.74, 6) is 0.551. The van der Waals surface area contributed by atoms with E-state index >= 15 is 0 Å². The Hall–Kier alpha value is -0.120. The third-order valence-electron chi connectivity index (χ3n) is 5.37. The minimum atomic E-state index is -0.0796. The summed E-state index contributed by atoms with van der Waals surface area (Å²) in [6.45, 7) is 13.5. The number of nitrogens with zero attached hydrogens (tertiary/aromatic N) is 1. The second-order valence-electron chi connectivity index (χ2n) is 7.87. The molecule has 0 bridgehead atoms. The van der Waals surface area contributed by atoms with E-state index in [0.717, 1.165) is 19.1 Å². The zero-order valence-electron chi connectivity index (χ0n) is 14.3. The molecule has 0 radical (unpaired) electrons. The monoisotopic (exact) mass is 282 g/mol. The highest BCUT2D eigenvalue weighted by Crippen LogP contribution is 2.43. The highest BCUT2D eigenvalue weighted by Gasteiger charge is 2.53. The topological polar surface area (TPSA) is 24.5 Å². The van der Waals surface area contributed by atoms with Crippen LogP contribution in [0.15, 0.2) is 0 Å². The molecule has 0 amide bonds. The molecule has 1 heterocycles. The van der Waals surface area contributed by atoms with E-state index in [4.69, 9.17) is 4.74 Å². The number of nitrogens with one attached hydrogen (secondary N) is 1. The fourth-order valence-electron chi connectivity index (χ4n) is 4.00. The maximum Gasteiger partial charge on any atom is 0.0790 e. The molecule has 1 saturated heterocycles. The highest BCUT2D eigenvalue weighted by molar-refractivity contribution is 5.06. The van der Waals surface area contributed by atoms with Crippen LogP contribution < -0.4 is 5.32 Å². The Labute approximate surface area is 125 Å². The van der Waals surface area contributed by atoms with Crippen molar-refractivity contribution in [2.45, 2.75) is 83.6 Å². The van der Waals surface area contributed by atoms with Crippen LogP contribution in [0.4, 0.5) is 0 Å². The smallest absolute Gasteiger partial charge is 0.0790 e. The molecule has 118 valence electrons. The Bertz CT molecular complexity index is 323. The van der Waals surface area contributed by atoms with Gasteiger partial charge in [0.15, 0.2) is 0 Å². The first-order valence-corrected chi connectivity index (χ1v) is 8.41. The van der Waals surface area contributed by atoms with Crippen LogP contribution in [0, 0.1) is 5.92 Å². The number of ether oxygens (including phenoxy) is 1. The number of hydrogen-bond acceptors (Lipinski definition) is 3. The number of hydrogen-bond donors (Lipinski definition) is 1. The predicted molar refractivity (Wildman–Crippen MR) is 85.1 cm³/mol. The molecule has 2 aliphatic rings. The second-order valence-corrected chi connectivity index (χ2v) is 7.87. The third-order valence-corrected chi connectivity index (χ3v) is 5.37. The fourth-order valence-corrected chi connectivity index (χ4v) is 4.00. The van der Waals surface area contributed by atoms with E-state index in [1.807, 2.05) is 0 Å². The van der Waals surface area contributed by atoms with E-state index in [0.29, 0.717) is 12.0 Å². The standard InChI is InChI=1S/C17H34N2O/c1-7-11-18-15-14(12-19(6)13-9-8-10-13)16(2,3)20-17(15,4)5/h13-15,18H,7-12H2,1-6H3. The molecule has 2 atom stereocenters. The van der Waals surface area contributed by atoms with E-state index in [1.165, 1.54) is 25.7 Å². The van der Waals surface area contributed by atoms with E-state index in [-0.39, 0.29) is 11.2 Å². The van der Waals surface area contributed by atoms with Crippen LogP contribution in [0.25, 0.3) is 0 Å². The average molecular weight is 282 g/mol. The Morgan fingerprint density at radius 1 is 1.15 bits per heavy atom. The minimum Gasteiger partial charge on any atom is -0.368 e. The molecule has 0 aromatic heterocycles. The molecule has 3 nitrogen and oxygen atoms in total. The van der Waals surface area contributed by atoms with Gasteiger partial charge in [-0.15, -0.1) is 0 Å².